The predicted molar refractivity (Wildman–Crippen MR) is 82.6 cm³/mol. The molecule has 0 radical (unpaired) electrons. The van der Waals surface area contributed by atoms with Crippen LogP contribution in [0, 0.1) is 6.92 Å². The minimum Gasteiger partial charge on any atom is -0.336 e. The Balaban J connectivity index is 1.92. The number of pyridine rings is 1. The molecule has 0 saturated carbocycles. The van der Waals surface area contributed by atoms with Gasteiger partial charge in [0, 0.05) is 39.1 Å². The van der Waals surface area contributed by atoms with Crippen molar-refractivity contribution in [3.63, 3.8) is 0 Å². The van der Waals surface area contributed by atoms with Gasteiger partial charge in [-0.3, -0.25) is 9.59 Å². The van der Waals surface area contributed by atoms with Crippen LogP contribution in [0.4, 0.5) is 0 Å². The first-order chi connectivity index (χ1) is 10.5. The van der Waals surface area contributed by atoms with Crippen molar-refractivity contribution in [2.45, 2.75) is 25.8 Å². The number of rotatable bonds is 2. The van der Waals surface area contributed by atoms with E-state index in [2.05, 4.69) is 4.98 Å². The lowest BCUT2D eigenvalue weighted by Crippen LogP contribution is -2.32. The molecular weight excluding hydrogens is 280 g/mol. The molecule has 2 aromatic heterocycles. The molecule has 116 valence electrons. The summed E-state index contributed by atoms with van der Waals surface area (Å²) in [5, 5.41) is 0. The van der Waals surface area contributed by atoms with Gasteiger partial charge in [0.2, 0.25) is 5.56 Å². The van der Waals surface area contributed by atoms with Crippen LogP contribution in [-0.2, 0) is 14.1 Å². The van der Waals surface area contributed by atoms with Crippen LogP contribution >= 0.6 is 0 Å². The van der Waals surface area contributed by atoms with Crippen molar-refractivity contribution in [3.05, 3.63) is 52.0 Å². The summed E-state index contributed by atoms with van der Waals surface area (Å²) >= 11 is 0. The summed E-state index contributed by atoms with van der Waals surface area (Å²) in [4.78, 5) is 30.7. The van der Waals surface area contributed by atoms with Crippen molar-refractivity contribution in [2.24, 2.45) is 14.1 Å². The zero-order valence-electron chi connectivity index (χ0n) is 13.1. The Morgan fingerprint density at radius 2 is 2.00 bits per heavy atom. The van der Waals surface area contributed by atoms with Crippen molar-refractivity contribution in [1.29, 1.82) is 0 Å². The van der Waals surface area contributed by atoms with Gasteiger partial charge in [-0.2, -0.15) is 0 Å². The van der Waals surface area contributed by atoms with E-state index < -0.39 is 0 Å². The third-order valence-corrected chi connectivity index (χ3v) is 4.18. The quantitative estimate of drug-likeness (QED) is 0.842. The van der Waals surface area contributed by atoms with Gasteiger partial charge in [0.25, 0.3) is 5.91 Å². The molecule has 3 rings (SSSR count). The minimum atomic E-state index is -0.116. The Bertz CT molecular complexity index is 775. The van der Waals surface area contributed by atoms with Gasteiger partial charge in [0.15, 0.2) is 0 Å². The normalized spacial score (nSPS) is 18.0. The zero-order valence-corrected chi connectivity index (χ0v) is 13.1. The second kappa shape index (κ2) is 5.44. The fourth-order valence-corrected chi connectivity index (χ4v) is 3.11. The molecule has 1 unspecified atom stereocenters. The molecule has 1 fully saturated rings. The lowest BCUT2D eigenvalue weighted by atomic mass is 10.2. The van der Waals surface area contributed by atoms with Crippen molar-refractivity contribution < 1.29 is 4.79 Å². The molecule has 22 heavy (non-hydrogen) atoms. The molecule has 1 saturated heterocycles. The number of likely N-dealkylation sites (tertiary alicyclic amines) is 1. The van der Waals surface area contributed by atoms with E-state index in [1.54, 1.807) is 19.3 Å². The highest BCUT2D eigenvalue weighted by atomic mass is 16.2. The van der Waals surface area contributed by atoms with Gasteiger partial charge in [-0.05, 0) is 25.8 Å². The Morgan fingerprint density at radius 3 is 2.64 bits per heavy atom. The maximum absolute atomic E-state index is 12.8. The number of carbonyl (C=O) groups is 1. The maximum Gasteiger partial charge on any atom is 0.255 e. The predicted octanol–water partition coefficient (Wildman–Crippen LogP) is 1.40. The van der Waals surface area contributed by atoms with Gasteiger partial charge in [0.05, 0.1) is 17.3 Å². The van der Waals surface area contributed by atoms with Crippen LogP contribution in [0.3, 0.4) is 0 Å². The van der Waals surface area contributed by atoms with E-state index in [9.17, 15) is 9.59 Å². The SMILES string of the molecule is Cc1cn(C)c(C2CCCN2C(=O)c2ccc(=O)n(C)c2)n1. The molecule has 1 atom stereocenters. The zero-order chi connectivity index (χ0) is 15.9. The van der Waals surface area contributed by atoms with Gasteiger partial charge in [-0.1, -0.05) is 0 Å². The molecular formula is C16H20N4O2. The van der Waals surface area contributed by atoms with Crippen molar-refractivity contribution in [1.82, 2.24) is 19.0 Å². The molecule has 6 nitrogen and oxygen atoms in total. The fraction of sp³-hybridized carbons (Fsp3) is 0.438. The molecule has 0 spiro atoms. The lowest BCUT2D eigenvalue weighted by molar-refractivity contribution is 0.0727. The van der Waals surface area contributed by atoms with Crippen LogP contribution in [0.15, 0.2) is 29.3 Å². The van der Waals surface area contributed by atoms with Crippen LogP contribution in [0.5, 0.6) is 0 Å². The second-order valence-electron chi connectivity index (χ2n) is 5.87. The third-order valence-electron chi connectivity index (χ3n) is 4.18. The summed E-state index contributed by atoms with van der Waals surface area (Å²) in [6.07, 6.45) is 5.46. The molecule has 0 aromatic carbocycles. The van der Waals surface area contributed by atoms with E-state index in [1.165, 1.54) is 10.6 Å². The van der Waals surface area contributed by atoms with Crippen LogP contribution in [0.1, 0.15) is 40.8 Å². The molecule has 2 aromatic rings. The molecule has 3 heterocycles. The monoisotopic (exact) mass is 300 g/mol. The van der Waals surface area contributed by atoms with E-state index in [4.69, 9.17) is 0 Å². The van der Waals surface area contributed by atoms with Gasteiger partial charge < -0.3 is 14.0 Å². The first kappa shape index (κ1) is 14.6. The molecule has 1 aliphatic rings. The van der Waals surface area contributed by atoms with E-state index in [-0.39, 0.29) is 17.5 Å². The Morgan fingerprint density at radius 1 is 1.23 bits per heavy atom. The topological polar surface area (TPSA) is 60.1 Å². The summed E-state index contributed by atoms with van der Waals surface area (Å²) < 4.78 is 3.43. The highest BCUT2D eigenvalue weighted by Gasteiger charge is 2.33. The van der Waals surface area contributed by atoms with Gasteiger partial charge in [-0.25, -0.2) is 4.98 Å². The Kier molecular flexibility index (Phi) is 3.60. The molecule has 6 heteroatoms. The largest absolute Gasteiger partial charge is 0.336 e. The minimum absolute atomic E-state index is 0.00318. The number of imidazole rings is 1. The smallest absolute Gasteiger partial charge is 0.255 e. The number of hydrogen-bond acceptors (Lipinski definition) is 3. The first-order valence-corrected chi connectivity index (χ1v) is 7.45. The van der Waals surface area contributed by atoms with Crippen LogP contribution in [-0.4, -0.2) is 31.5 Å². The standard InChI is InChI=1S/C16H20N4O2/c1-11-9-19(3)15(17-11)13-5-4-8-20(13)16(22)12-6-7-14(21)18(2)10-12/h6-7,9-10,13H,4-5,8H2,1-3H3. The highest BCUT2D eigenvalue weighted by Crippen LogP contribution is 2.32. The first-order valence-electron chi connectivity index (χ1n) is 7.45. The second-order valence-corrected chi connectivity index (χ2v) is 5.87. The summed E-state index contributed by atoms with van der Waals surface area (Å²) in [5.41, 5.74) is 1.38. The maximum atomic E-state index is 12.8. The number of hydrogen-bond donors (Lipinski definition) is 0. The molecule has 0 aliphatic carbocycles. The molecule has 0 N–H and O–H groups in total. The summed E-state index contributed by atoms with van der Waals surface area (Å²) in [6.45, 7) is 2.68. The highest BCUT2D eigenvalue weighted by molar-refractivity contribution is 5.94. The summed E-state index contributed by atoms with van der Waals surface area (Å²) in [7, 11) is 3.62. The van der Waals surface area contributed by atoms with E-state index in [0.29, 0.717) is 5.56 Å². The lowest BCUT2D eigenvalue weighted by Gasteiger charge is -2.24. The van der Waals surface area contributed by atoms with Crippen molar-refractivity contribution >= 4 is 5.91 Å². The van der Waals surface area contributed by atoms with E-state index >= 15 is 0 Å². The molecule has 0 bridgehead atoms. The average Bonchev–Trinajstić information content (AvgIpc) is 3.07. The number of amides is 1. The number of aromatic nitrogens is 3. The van der Waals surface area contributed by atoms with Gasteiger partial charge in [-0.15, -0.1) is 0 Å². The van der Waals surface area contributed by atoms with Crippen LogP contribution in [0.25, 0.3) is 0 Å². The fourth-order valence-electron chi connectivity index (χ4n) is 3.11. The van der Waals surface area contributed by atoms with Gasteiger partial charge in [0.1, 0.15) is 5.82 Å². The molecule has 1 aliphatic heterocycles. The van der Waals surface area contributed by atoms with Crippen molar-refractivity contribution in [2.75, 3.05) is 6.54 Å². The van der Waals surface area contributed by atoms with Gasteiger partial charge >= 0.3 is 0 Å². The van der Waals surface area contributed by atoms with E-state index in [0.717, 1.165) is 30.9 Å². The number of carbonyl (C=O) groups excluding carboxylic acids is 1. The van der Waals surface area contributed by atoms with Crippen LogP contribution in [0.2, 0.25) is 0 Å². The average molecular weight is 300 g/mol. The Hall–Kier alpha value is -2.37. The summed E-state index contributed by atoms with van der Waals surface area (Å²) in [5.74, 6) is 0.881. The van der Waals surface area contributed by atoms with E-state index in [1.807, 2.05) is 29.6 Å². The van der Waals surface area contributed by atoms with Crippen molar-refractivity contribution in [3.8, 4) is 0 Å². The number of aryl methyl sites for hydroxylation is 3. The summed E-state index contributed by atoms with van der Waals surface area (Å²) in [6, 6.07) is 3.04. The third kappa shape index (κ3) is 2.45. The number of nitrogens with zero attached hydrogens (tertiary/aromatic N) is 4. The van der Waals surface area contributed by atoms with Crippen LogP contribution < -0.4 is 5.56 Å². The Labute approximate surface area is 129 Å². The molecule has 1 amide bonds.